The van der Waals surface area contributed by atoms with E-state index in [1.54, 1.807) is 31.2 Å². The molecule has 0 bridgehead atoms. The predicted molar refractivity (Wildman–Crippen MR) is 145 cm³/mol. The molecule has 0 saturated carbocycles. The average molecular weight is 538 g/mol. The van der Waals surface area contributed by atoms with Crippen LogP contribution in [0, 0.1) is 23.0 Å². The zero-order valence-corrected chi connectivity index (χ0v) is 22.6. The first kappa shape index (κ1) is 28.3. The van der Waals surface area contributed by atoms with E-state index in [9.17, 15) is 24.8 Å². The van der Waals surface area contributed by atoms with Crippen LogP contribution in [0.3, 0.4) is 0 Å². The zero-order chi connectivity index (χ0) is 28.1. The third kappa shape index (κ3) is 6.46. The van der Waals surface area contributed by atoms with Crippen molar-refractivity contribution in [2.24, 2.45) is 5.92 Å². The Morgan fingerprint density at radius 1 is 1.15 bits per heavy atom. The van der Waals surface area contributed by atoms with Gasteiger partial charge in [-0.15, -0.1) is 0 Å². The number of benzene rings is 2. The van der Waals surface area contributed by atoms with Gasteiger partial charge >= 0.3 is 0 Å². The number of carbonyl (C=O) groups excluding carboxylic acids is 2. The highest BCUT2D eigenvalue weighted by molar-refractivity contribution is 6.46. The average Bonchev–Trinajstić information content (AvgIpc) is 3.17. The number of nitro groups is 1. The summed E-state index contributed by atoms with van der Waals surface area (Å²) >= 11 is 0. The lowest BCUT2D eigenvalue weighted by atomic mass is 9.93. The minimum Gasteiger partial charge on any atom is -0.507 e. The quantitative estimate of drug-likeness (QED) is 0.158. The number of carbonyl (C=O) groups is 2. The van der Waals surface area contributed by atoms with Gasteiger partial charge in [0.1, 0.15) is 11.5 Å². The summed E-state index contributed by atoms with van der Waals surface area (Å²) in [6, 6.07) is 10.1. The molecule has 0 aromatic heterocycles. The van der Waals surface area contributed by atoms with Crippen LogP contribution in [0.5, 0.6) is 5.75 Å². The molecule has 10 heteroatoms. The lowest BCUT2D eigenvalue weighted by molar-refractivity contribution is -0.384. The Balaban J connectivity index is 1.70. The number of Topliss-reactive ketones (excluding diaryl/α,β-unsaturated/α-hetero) is 1. The molecule has 1 atom stereocenters. The van der Waals surface area contributed by atoms with E-state index in [0.29, 0.717) is 61.1 Å². The first-order valence-corrected chi connectivity index (χ1v) is 13.2. The fourth-order valence-electron chi connectivity index (χ4n) is 4.95. The molecular formula is C29H35N3O7. The van der Waals surface area contributed by atoms with Crippen LogP contribution in [0.25, 0.3) is 5.76 Å². The summed E-state index contributed by atoms with van der Waals surface area (Å²) < 4.78 is 11.2. The summed E-state index contributed by atoms with van der Waals surface area (Å²) in [6.07, 6.45) is 0.597. The minimum atomic E-state index is -0.953. The molecule has 2 aliphatic heterocycles. The van der Waals surface area contributed by atoms with E-state index in [2.05, 4.69) is 4.90 Å². The normalized spacial score (nSPS) is 19.6. The Hall–Kier alpha value is -3.76. The number of aryl methyl sites for hydroxylation is 1. The number of non-ortho nitro benzene ring substituents is 1. The highest BCUT2D eigenvalue weighted by Crippen LogP contribution is 2.41. The van der Waals surface area contributed by atoms with Gasteiger partial charge in [-0.05, 0) is 48.6 Å². The number of hydrogen-bond acceptors (Lipinski definition) is 8. The predicted octanol–water partition coefficient (Wildman–Crippen LogP) is 4.08. The second kappa shape index (κ2) is 12.4. The van der Waals surface area contributed by atoms with Crippen molar-refractivity contribution < 1.29 is 29.1 Å². The van der Waals surface area contributed by atoms with Crippen molar-refractivity contribution in [3.05, 3.63) is 74.8 Å². The van der Waals surface area contributed by atoms with Crippen molar-refractivity contribution in [3.63, 3.8) is 0 Å². The van der Waals surface area contributed by atoms with Crippen LogP contribution in [-0.4, -0.2) is 77.5 Å². The summed E-state index contributed by atoms with van der Waals surface area (Å²) in [5, 5.41) is 22.9. The number of rotatable bonds is 10. The van der Waals surface area contributed by atoms with Crippen molar-refractivity contribution >= 4 is 23.1 Å². The number of amides is 1. The van der Waals surface area contributed by atoms with Crippen molar-refractivity contribution in [3.8, 4) is 5.75 Å². The van der Waals surface area contributed by atoms with E-state index in [1.807, 2.05) is 13.8 Å². The molecule has 2 aromatic carbocycles. The number of nitrogens with zero attached hydrogens (tertiary/aromatic N) is 3. The number of aliphatic hydroxyl groups is 1. The lowest BCUT2D eigenvalue weighted by Crippen LogP contribution is -2.39. The Kier molecular flexibility index (Phi) is 8.98. The molecule has 4 rings (SSSR count). The maximum absolute atomic E-state index is 13.4. The first-order valence-electron chi connectivity index (χ1n) is 13.2. The van der Waals surface area contributed by atoms with Crippen molar-refractivity contribution in [1.82, 2.24) is 9.80 Å². The summed E-state index contributed by atoms with van der Waals surface area (Å²) in [5.41, 5.74) is 1.23. The van der Waals surface area contributed by atoms with Crippen molar-refractivity contribution in [1.29, 1.82) is 0 Å². The Morgan fingerprint density at radius 2 is 1.90 bits per heavy atom. The molecule has 2 saturated heterocycles. The van der Waals surface area contributed by atoms with Gasteiger partial charge in [0.25, 0.3) is 17.4 Å². The molecule has 2 fully saturated rings. The lowest BCUT2D eigenvalue weighted by Gasteiger charge is -2.29. The fraction of sp³-hybridized carbons (Fsp3) is 0.448. The van der Waals surface area contributed by atoms with Crippen LogP contribution >= 0.6 is 0 Å². The van der Waals surface area contributed by atoms with Crippen LogP contribution in [0.4, 0.5) is 5.69 Å². The molecule has 0 spiro atoms. The van der Waals surface area contributed by atoms with Crippen LogP contribution in [-0.2, 0) is 14.3 Å². The molecule has 2 aliphatic rings. The maximum atomic E-state index is 13.4. The molecule has 0 aliphatic carbocycles. The number of morpholine rings is 1. The molecule has 0 radical (unpaired) electrons. The third-order valence-electron chi connectivity index (χ3n) is 6.95. The van der Waals surface area contributed by atoms with E-state index in [0.717, 1.165) is 13.1 Å². The number of hydrogen-bond donors (Lipinski definition) is 1. The molecule has 39 heavy (non-hydrogen) atoms. The van der Waals surface area contributed by atoms with Crippen molar-refractivity contribution in [2.75, 3.05) is 46.0 Å². The van der Waals surface area contributed by atoms with Gasteiger partial charge < -0.3 is 19.5 Å². The molecular weight excluding hydrogens is 502 g/mol. The third-order valence-corrected chi connectivity index (χ3v) is 6.95. The SMILES string of the molecule is Cc1cc(OCC(C)C)ccc1C(O)=C1C(=O)C(=O)N(CCCN2CCOCC2)[C@H]1c1cccc([N+](=O)[O-])c1. The van der Waals surface area contributed by atoms with Gasteiger partial charge in [0.2, 0.25) is 0 Å². The van der Waals surface area contributed by atoms with Gasteiger partial charge in [-0.2, -0.15) is 0 Å². The highest BCUT2D eigenvalue weighted by atomic mass is 16.6. The molecule has 2 heterocycles. The van der Waals surface area contributed by atoms with E-state index in [-0.39, 0.29) is 23.6 Å². The van der Waals surface area contributed by atoms with E-state index >= 15 is 0 Å². The maximum Gasteiger partial charge on any atom is 0.295 e. The zero-order valence-electron chi connectivity index (χ0n) is 22.6. The standard InChI is InChI=1S/C29H35N3O7/c1-19(2)18-39-23-8-9-24(20(3)16-23)27(33)25-26(21-6-4-7-22(17-21)32(36)37)31(29(35)28(25)34)11-5-10-30-12-14-38-15-13-30/h4,6-9,16-17,19,26,33H,5,10-15,18H2,1-3H3/t26-/m0/s1. The molecule has 2 aromatic rings. The molecule has 10 nitrogen and oxygen atoms in total. The van der Waals surface area contributed by atoms with E-state index in [4.69, 9.17) is 9.47 Å². The second-order valence-corrected chi connectivity index (χ2v) is 10.3. The van der Waals surface area contributed by atoms with E-state index in [1.165, 1.54) is 23.1 Å². The Bertz CT molecular complexity index is 1270. The molecule has 208 valence electrons. The van der Waals surface area contributed by atoms with Gasteiger partial charge in [-0.3, -0.25) is 24.6 Å². The van der Waals surface area contributed by atoms with Gasteiger partial charge in [-0.1, -0.05) is 26.0 Å². The second-order valence-electron chi connectivity index (χ2n) is 10.3. The summed E-state index contributed by atoms with van der Waals surface area (Å²) in [6.45, 7) is 10.3. The topological polar surface area (TPSA) is 122 Å². The van der Waals surface area contributed by atoms with Crippen LogP contribution in [0.15, 0.2) is 48.0 Å². The summed E-state index contributed by atoms with van der Waals surface area (Å²) in [7, 11) is 0. The van der Waals surface area contributed by atoms with Gasteiger partial charge in [-0.25, -0.2) is 0 Å². The van der Waals surface area contributed by atoms with Crippen LogP contribution in [0.2, 0.25) is 0 Å². The fourth-order valence-corrected chi connectivity index (χ4v) is 4.95. The number of ketones is 1. The Labute approximate surface area is 228 Å². The largest absolute Gasteiger partial charge is 0.507 e. The summed E-state index contributed by atoms with van der Waals surface area (Å²) in [5.74, 6) is -0.878. The number of aliphatic hydroxyl groups excluding tert-OH is 1. The van der Waals surface area contributed by atoms with E-state index < -0.39 is 22.7 Å². The smallest absolute Gasteiger partial charge is 0.295 e. The Morgan fingerprint density at radius 3 is 2.56 bits per heavy atom. The minimum absolute atomic E-state index is 0.0779. The molecule has 1 N–H and O–H groups in total. The number of nitro benzene ring substituents is 1. The molecule has 0 unspecified atom stereocenters. The molecule has 1 amide bonds. The first-order chi connectivity index (χ1) is 18.7. The van der Waals surface area contributed by atoms with Gasteiger partial charge in [0.15, 0.2) is 0 Å². The van der Waals surface area contributed by atoms with Crippen molar-refractivity contribution in [2.45, 2.75) is 33.2 Å². The monoisotopic (exact) mass is 537 g/mol. The van der Waals surface area contributed by atoms with Crippen LogP contribution in [0.1, 0.15) is 43.0 Å². The highest BCUT2D eigenvalue weighted by Gasteiger charge is 2.46. The number of ether oxygens (including phenoxy) is 2. The summed E-state index contributed by atoms with van der Waals surface area (Å²) in [4.78, 5) is 41.3. The van der Waals surface area contributed by atoms with Gasteiger partial charge in [0.05, 0.1) is 36.4 Å². The van der Waals surface area contributed by atoms with Gasteiger partial charge in [0, 0.05) is 43.9 Å². The number of likely N-dealkylation sites (tertiary alicyclic amines) is 1. The van der Waals surface area contributed by atoms with Crippen LogP contribution < -0.4 is 4.74 Å².